The highest BCUT2D eigenvalue weighted by atomic mass is 16.2. The molecule has 0 radical (unpaired) electrons. The van der Waals surface area contributed by atoms with Crippen LogP contribution in [-0.2, 0) is 6.54 Å². The summed E-state index contributed by atoms with van der Waals surface area (Å²) in [5.74, 6) is -0.0611. The van der Waals surface area contributed by atoms with E-state index < -0.39 is 0 Å². The lowest BCUT2D eigenvalue weighted by atomic mass is 10.1. The third-order valence-electron chi connectivity index (χ3n) is 3.51. The van der Waals surface area contributed by atoms with Crippen LogP contribution in [0.2, 0.25) is 0 Å². The Bertz CT molecular complexity index is 677. The number of rotatable bonds is 4. The second kappa shape index (κ2) is 6.23. The smallest absolute Gasteiger partial charge is 0.257 e. The van der Waals surface area contributed by atoms with Crippen molar-refractivity contribution >= 4 is 5.91 Å². The van der Waals surface area contributed by atoms with E-state index >= 15 is 0 Å². The molecular weight excluding hydrogens is 264 g/mol. The number of amides is 1. The van der Waals surface area contributed by atoms with Gasteiger partial charge < -0.3 is 4.90 Å². The summed E-state index contributed by atoms with van der Waals surface area (Å²) >= 11 is 0. The van der Waals surface area contributed by atoms with Crippen molar-refractivity contribution in [3.05, 3.63) is 52.3 Å². The van der Waals surface area contributed by atoms with Gasteiger partial charge in [-0.3, -0.25) is 9.89 Å². The fourth-order valence-corrected chi connectivity index (χ4v) is 2.32. The minimum Gasteiger partial charge on any atom is -0.334 e. The molecular formula is C16H18N4O. The lowest BCUT2D eigenvalue weighted by Crippen LogP contribution is -2.31. The highest BCUT2D eigenvalue weighted by molar-refractivity contribution is 5.96. The van der Waals surface area contributed by atoms with Crippen LogP contribution in [0.5, 0.6) is 0 Å². The summed E-state index contributed by atoms with van der Waals surface area (Å²) in [5.41, 5.74) is 3.54. The maximum atomic E-state index is 12.7. The predicted molar refractivity (Wildman–Crippen MR) is 79.6 cm³/mol. The summed E-state index contributed by atoms with van der Waals surface area (Å²) in [7, 11) is 0. The molecule has 0 bridgehead atoms. The van der Waals surface area contributed by atoms with Crippen molar-refractivity contribution in [1.29, 1.82) is 5.26 Å². The molecule has 1 aromatic heterocycles. The van der Waals surface area contributed by atoms with E-state index in [4.69, 9.17) is 5.26 Å². The number of carbonyl (C=O) groups excluding carboxylic acids is 1. The summed E-state index contributed by atoms with van der Waals surface area (Å²) in [6.45, 7) is 6.57. The fraction of sp³-hybridized carbons (Fsp3) is 0.312. The van der Waals surface area contributed by atoms with E-state index in [9.17, 15) is 4.79 Å². The molecule has 0 saturated heterocycles. The van der Waals surface area contributed by atoms with Crippen LogP contribution in [0.25, 0.3) is 0 Å². The number of hydrogen-bond donors (Lipinski definition) is 1. The number of aromatic nitrogens is 2. The number of carbonyl (C=O) groups is 1. The normalized spacial score (nSPS) is 10.2. The summed E-state index contributed by atoms with van der Waals surface area (Å²) in [4.78, 5) is 14.4. The zero-order chi connectivity index (χ0) is 15.4. The molecule has 0 fully saturated rings. The first-order valence-electron chi connectivity index (χ1n) is 6.87. The monoisotopic (exact) mass is 282 g/mol. The van der Waals surface area contributed by atoms with Gasteiger partial charge in [-0.25, -0.2) is 0 Å². The number of hydrogen-bond acceptors (Lipinski definition) is 3. The zero-order valence-corrected chi connectivity index (χ0v) is 12.5. The van der Waals surface area contributed by atoms with E-state index in [0.717, 1.165) is 11.3 Å². The van der Waals surface area contributed by atoms with Crippen molar-refractivity contribution < 1.29 is 4.79 Å². The average molecular weight is 282 g/mol. The molecule has 5 nitrogen and oxygen atoms in total. The Kier molecular flexibility index (Phi) is 4.39. The summed E-state index contributed by atoms with van der Waals surface area (Å²) < 4.78 is 0. The van der Waals surface area contributed by atoms with Gasteiger partial charge >= 0.3 is 0 Å². The SMILES string of the molecule is CCN(Cc1ccccc1C#N)C(=O)c1c(C)n[nH]c1C. The van der Waals surface area contributed by atoms with Crippen LogP contribution in [0, 0.1) is 25.2 Å². The summed E-state index contributed by atoms with van der Waals surface area (Å²) in [5, 5.41) is 16.0. The second-order valence-corrected chi connectivity index (χ2v) is 4.90. The number of nitrogens with zero attached hydrogens (tertiary/aromatic N) is 3. The Morgan fingerprint density at radius 2 is 2.10 bits per heavy atom. The number of nitrogens with one attached hydrogen (secondary N) is 1. The largest absolute Gasteiger partial charge is 0.334 e. The van der Waals surface area contributed by atoms with Gasteiger partial charge in [0.2, 0.25) is 0 Å². The maximum Gasteiger partial charge on any atom is 0.257 e. The van der Waals surface area contributed by atoms with Crippen molar-refractivity contribution in [2.24, 2.45) is 0 Å². The molecule has 2 rings (SSSR count). The number of aromatic amines is 1. The van der Waals surface area contributed by atoms with Crippen LogP contribution < -0.4 is 0 Å². The standard InChI is InChI=1S/C16H18N4O/c1-4-20(10-14-8-6-5-7-13(14)9-17)16(21)15-11(2)18-19-12(15)3/h5-8H,4,10H2,1-3H3,(H,18,19). The highest BCUT2D eigenvalue weighted by Crippen LogP contribution is 2.16. The van der Waals surface area contributed by atoms with Crippen LogP contribution in [-0.4, -0.2) is 27.5 Å². The first kappa shape index (κ1) is 14.8. The van der Waals surface area contributed by atoms with Crippen molar-refractivity contribution in [3.63, 3.8) is 0 Å². The molecule has 0 atom stereocenters. The lowest BCUT2D eigenvalue weighted by molar-refractivity contribution is 0.0751. The van der Waals surface area contributed by atoms with Gasteiger partial charge in [-0.1, -0.05) is 18.2 Å². The van der Waals surface area contributed by atoms with E-state index in [0.29, 0.717) is 29.9 Å². The first-order valence-corrected chi connectivity index (χ1v) is 6.87. The van der Waals surface area contributed by atoms with Crippen molar-refractivity contribution in [1.82, 2.24) is 15.1 Å². The summed E-state index contributed by atoms with van der Waals surface area (Å²) in [6, 6.07) is 9.51. The molecule has 21 heavy (non-hydrogen) atoms. The molecule has 0 saturated carbocycles. The molecule has 0 aliphatic heterocycles. The molecule has 1 heterocycles. The topological polar surface area (TPSA) is 72.8 Å². The third-order valence-corrected chi connectivity index (χ3v) is 3.51. The minimum absolute atomic E-state index is 0.0611. The fourth-order valence-electron chi connectivity index (χ4n) is 2.32. The Morgan fingerprint density at radius 3 is 2.67 bits per heavy atom. The van der Waals surface area contributed by atoms with Crippen LogP contribution in [0.1, 0.15) is 39.8 Å². The second-order valence-electron chi connectivity index (χ2n) is 4.90. The van der Waals surface area contributed by atoms with Crippen LogP contribution >= 0.6 is 0 Å². The molecule has 108 valence electrons. The Labute approximate surface area is 124 Å². The van der Waals surface area contributed by atoms with Crippen molar-refractivity contribution in [2.75, 3.05) is 6.54 Å². The minimum atomic E-state index is -0.0611. The highest BCUT2D eigenvalue weighted by Gasteiger charge is 2.21. The predicted octanol–water partition coefficient (Wildman–Crippen LogP) is 2.56. The molecule has 1 aromatic carbocycles. The average Bonchev–Trinajstić information content (AvgIpc) is 2.83. The number of H-pyrrole nitrogens is 1. The van der Waals surface area contributed by atoms with E-state index in [1.807, 2.05) is 39.0 Å². The van der Waals surface area contributed by atoms with Crippen molar-refractivity contribution in [3.8, 4) is 6.07 Å². The van der Waals surface area contributed by atoms with E-state index in [-0.39, 0.29) is 5.91 Å². The van der Waals surface area contributed by atoms with Gasteiger partial charge in [0.25, 0.3) is 5.91 Å². The van der Waals surface area contributed by atoms with Gasteiger partial charge in [-0.2, -0.15) is 10.4 Å². The molecule has 0 unspecified atom stereocenters. The molecule has 0 aliphatic rings. The number of nitriles is 1. The molecule has 0 spiro atoms. The van der Waals surface area contributed by atoms with Gasteiger partial charge in [0, 0.05) is 18.8 Å². The summed E-state index contributed by atoms with van der Waals surface area (Å²) in [6.07, 6.45) is 0. The van der Waals surface area contributed by atoms with Crippen LogP contribution in [0.15, 0.2) is 24.3 Å². The Balaban J connectivity index is 2.29. The molecule has 1 amide bonds. The molecule has 2 aromatic rings. The maximum absolute atomic E-state index is 12.7. The van der Waals surface area contributed by atoms with Gasteiger partial charge in [0.15, 0.2) is 0 Å². The van der Waals surface area contributed by atoms with Gasteiger partial charge in [-0.15, -0.1) is 0 Å². The van der Waals surface area contributed by atoms with Crippen LogP contribution in [0.4, 0.5) is 0 Å². The van der Waals surface area contributed by atoms with Gasteiger partial charge in [-0.05, 0) is 32.4 Å². The number of aryl methyl sites for hydroxylation is 2. The van der Waals surface area contributed by atoms with Gasteiger partial charge in [0.05, 0.1) is 22.9 Å². The van der Waals surface area contributed by atoms with Crippen LogP contribution in [0.3, 0.4) is 0 Å². The Morgan fingerprint density at radius 1 is 1.38 bits per heavy atom. The first-order chi connectivity index (χ1) is 10.1. The molecule has 0 aliphatic carbocycles. The quantitative estimate of drug-likeness (QED) is 0.936. The van der Waals surface area contributed by atoms with Crippen molar-refractivity contribution in [2.45, 2.75) is 27.3 Å². The molecule has 1 N–H and O–H groups in total. The number of benzene rings is 1. The van der Waals surface area contributed by atoms with Gasteiger partial charge in [0.1, 0.15) is 0 Å². The van der Waals surface area contributed by atoms with E-state index in [1.165, 1.54) is 0 Å². The lowest BCUT2D eigenvalue weighted by Gasteiger charge is -2.21. The zero-order valence-electron chi connectivity index (χ0n) is 12.5. The third kappa shape index (κ3) is 2.95. The Hall–Kier alpha value is -2.61. The van der Waals surface area contributed by atoms with E-state index in [2.05, 4.69) is 16.3 Å². The van der Waals surface area contributed by atoms with E-state index in [1.54, 1.807) is 11.0 Å². The molecule has 5 heteroatoms.